The molecule has 2 N–H and O–H groups in total. The van der Waals surface area contributed by atoms with Gasteiger partial charge in [-0.1, -0.05) is 19.4 Å². The number of rotatable bonds is 4. The summed E-state index contributed by atoms with van der Waals surface area (Å²) in [5.74, 6) is 0.433. The Bertz CT molecular complexity index is 476. The molecule has 0 fully saturated rings. The molecule has 1 aromatic carbocycles. The van der Waals surface area contributed by atoms with Crippen LogP contribution in [-0.2, 0) is 0 Å². The van der Waals surface area contributed by atoms with Gasteiger partial charge in [-0.3, -0.25) is 0 Å². The predicted octanol–water partition coefficient (Wildman–Crippen LogP) is 3.45. The molecule has 3 heteroatoms. The highest BCUT2D eigenvalue weighted by molar-refractivity contribution is 7.18. The highest BCUT2D eigenvalue weighted by Crippen LogP contribution is 2.29. The Morgan fingerprint density at radius 3 is 2.94 bits per heavy atom. The van der Waals surface area contributed by atoms with Gasteiger partial charge in [-0.15, -0.1) is 11.3 Å². The molecular weight excluding hydrogens is 216 g/mol. The molecule has 2 rings (SSSR count). The molecule has 0 spiro atoms. The second-order valence-electron chi connectivity index (χ2n) is 4.24. The van der Waals surface area contributed by atoms with Gasteiger partial charge >= 0.3 is 0 Å². The van der Waals surface area contributed by atoms with Crippen molar-refractivity contribution in [2.75, 3.05) is 6.54 Å². The van der Waals surface area contributed by atoms with E-state index in [0.29, 0.717) is 12.5 Å². The number of thiazole rings is 1. The van der Waals surface area contributed by atoms with Crippen LogP contribution in [0.1, 0.15) is 36.3 Å². The first-order valence-corrected chi connectivity index (χ1v) is 6.63. The zero-order valence-corrected chi connectivity index (χ0v) is 10.7. The van der Waals surface area contributed by atoms with Crippen LogP contribution >= 0.6 is 11.3 Å². The summed E-state index contributed by atoms with van der Waals surface area (Å²) in [5, 5.41) is 1.20. The third-order valence-corrected chi connectivity index (χ3v) is 4.03. The quantitative estimate of drug-likeness (QED) is 0.880. The molecular formula is C13H18N2S. The minimum atomic E-state index is 0.433. The largest absolute Gasteiger partial charge is 0.330 e. The van der Waals surface area contributed by atoms with Crippen molar-refractivity contribution in [3.63, 3.8) is 0 Å². The van der Waals surface area contributed by atoms with Gasteiger partial charge in [0.1, 0.15) is 0 Å². The molecule has 2 nitrogen and oxygen atoms in total. The zero-order valence-electron chi connectivity index (χ0n) is 9.86. The number of aryl methyl sites for hydroxylation is 1. The van der Waals surface area contributed by atoms with Crippen LogP contribution in [0.15, 0.2) is 18.2 Å². The van der Waals surface area contributed by atoms with E-state index in [4.69, 9.17) is 10.7 Å². The van der Waals surface area contributed by atoms with Crippen LogP contribution in [0.3, 0.4) is 0 Å². The zero-order chi connectivity index (χ0) is 11.5. The topological polar surface area (TPSA) is 38.9 Å². The van der Waals surface area contributed by atoms with Crippen LogP contribution < -0.4 is 5.73 Å². The van der Waals surface area contributed by atoms with Gasteiger partial charge in [0.25, 0.3) is 0 Å². The predicted molar refractivity (Wildman–Crippen MR) is 71.1 cm³/mol. The third kappa shape index (κ3) is 2.25. The standard InChI is InChI=1S/C13H18N2S/c1-3-4-10(8-14)13-15-11-7-9(2)5-6-12(11)16-13/h5-7,10H,3-4,8,14H2,1-2H3. The minimum Gasteiger partial charge on any atom is -0.330 e. The van der Waals surface area contributed by atoms with Gasteiger partial charge in [-0.05, 0) is 31.0 Å². The molecule has 2 aromatic rings. The van der Waals surface area contributed by atoms with E-state index in [0.717, 1.165) is 18.4 Å². The monoisotopic (exact) mass is 234 g/mol. The Balaban J connectivity index is 2.37. The van der Waals surface area contributed by atoms with Gasteiger partial charge < -0.3 is 5.73 Å². The smallest absolute Gasteiger partial charge is 0.0982 e. The maximum Gasteiger partial charge on any atom is 0.0982 e. The number of nitrogens with two attached hydrogens (primary N) is 1. The van der Waals surface area contributed by atoms with Crippen molar-refractivity contribution in [1.29, 1.82) is 0 Å². The van der Waals surface area contributed by atoms with Crippen LogP contribution in [0.5, 0.6) is 0 Å². The lowest BCUT2D eigenvalue weighted by Crippen LogP contribution is -2.11. The average Bonchev–Trinajstić information content (AvgIpc) is 2.68. The van der Waals surface area contributed by atoms with E-state index in [9.17, 15) is 0 Å². The van der Waals surface area contributed by atoms with E-state index in [-0.39, 0.29) is 0 Å². The van der Waals surface area contributed by atoms with E-state index in [1.54, 1.807) is 11.3 Å². The number of nitrogens with zero attached hydrogens (tertiary/aromatic N) is 1. The van der Waals surface area contributed by atoms with E-state index in [2.05, 4.69) is 32.0 Å². The lowest BCUT2D eigenvalue weighted by Gasteiger charge is -2.08. The lowest BCUT2D eigenvalue weighted by molar-refractivity contribution is 0.620. The van der Waals surface area contributed by atoms with Crippen LogP contribution in [0.2, 0.25) is 0 Å². The lowest BCUT2D eigenvalue weighted by atomic mass is 10.1. The van der Waals surface area contributed by atoms with Crippen LogP contribution in [-0.4, -0.2) is 11.5 Å². The van der Waals surface area contributed by atoms with E-state index < -0.39 is 0 Å². The van der Waals surface area contributed by atoms with Crippen LogP contribution in [0, 0.1) is 6.92 Å². The van der Waals surface area contributed by atoms with Gasteiger partial charge in [-0.25, -0.2) is 4.98 Å². The molecule has 1 heterocycles. The first kappa shape index (κ1) is 11.6. The maximum atomic E-state index is 5.81. The van der Waals surface area contributed by atoms with Crippen molar-refractivity contribution < 1.29 is 0 Å². The van der Waals surface area contributed by atoms with Crippen molar-refractivity contribution in [3.8, 4) is 0 Å². The average molecular weight is 234 g/mol. The van der Waals surface area contributed by atoms with Gasteiger partial charge in [0.2, 0.25) is 0 Å². The van der Waals surface area contributed by atoms with Crippen LogP contribution in [0.25, 0.3) is 10.2 Å². The molecule has 0 bridgehead atoms. The fourth-order valence-electron chi connectivity index (χ4n) is 1.92. The summed E-state index contributed by atoms with van der Waals surface area (Å²) in [5.41, 5.74) is 8.20. The summed E-state index contributed by atoms with van der Waals surface area (Å²) in [6.07, 6.45) is 2.30. The van der Waals surface area contributed by atoms with E-state index in [1.165, 1.54) is 15.3 Å². The summed E-state index contributed by atoms with van der Waals surface area (Å²) in [4.78, 5) is 4.70. The third-order valence-electron chi connectivity index (χ3n) is 2.83. The van der Waals surface area contributed by atoms with Gasteiger partial charge in [0.15, 0.2) is 0 Å². The molecule has 0 saturated carbocycles. The van der Waals surface area contributed by atoms with Crippen molar-refractivity contribution in [1.82, 2.24) is 4.98 Å². The van der Waals surface area contributed by atoms with Crippen molar-refractivity contribution in [3.05, 3.63) is 28.8 Å². The van der Waals surface area contributed by atoms with Crippen molar-refractivity contribution >= 4 is 21.6 Å². The van der Waals surface area contributed by atoms with Gasteiger partial charge in [0, 0.05) is 12.5 Å². The molecule has 0 saturated heterocycles. The number of fused-ring (bicyclic) bond motifs is 1. The number of benzene rings is 1. The number of aromatic nitrogens is 1. The van der Waals surface area contributed by atoms with Crippen LogP contribution in [0.4, 0.5) is 0 Å². The molecule has 1 aromatic heterocycles. The molecule has 1 atom stereocenters. The van der Waals surface area contributed by atoms with Gasteiger partial charge in [-0.2, -0.15) is 0 Å². The Morgan fingerprint density at radius 1 is 1.44 bits per heavy atom. The molecule has 0 aliphatic heterocycles. The molecule has 0 amide bonds. The molecule has 16 heavy (non-hydrogen) atoms. The molecule has 0 radical (unpaired) electrons. The fraction of sp³-hybridized carbons (Fsp3) is 0.462. The highest BCUT2D eigenvalue weighted by atomic mass is 32.1. The van der Waals surface area contributed by atoms with Gasteiger partial charge in [0.05, 0.1) is 15.2 Å². The SMILES string of the molecule is CCCC(CN)c1nc2cc(C)ccc2s1. The Labute approximate surface area is 101 Å². The van der Waals surface area contributed by atoms with E-state index in [1.807, 2.05) is 0 Å². The second kappa shape index (κ2) is 4.93. The number of hydrogen-bond donors (Lipinski definition) is 1. The normalized spacial score (nSPS) is 13.2. The maximum absolute atomic E-state index is 5.81. The Morgan fingerprint density at radius 2 is 2.25 bits per heavy atom. The molecule has 86 valence electrons. The summed E-state index contributed by atoms with van der Waals surface area (Å²) < 4.78 is 1.27. The molecule has 1 unspecified atom stereocenters. The molecule has 0 aliphatic rings. The highest BCUT2D eigenvalue weighted by Gasteiger charge is 2.13. The van der Waals surface area contributed by atoms with Crippen molar-refractivity contribution in [2.24, 2.45) is 5.73 Å². The summed E-state index contributed by atoms with van der Waals surface area (Å²) in [6.45, 7) is 5.00. The number of hydrogen-bond acceptors (Lipinski definition) is 3. The van der Waals surface area contributed by atoms with E-state index >= 15 is 0 Å². The fourth-order valence-corrected chi connectivity index (χ4v) is 3.02. The molecule has 0 aliphatic carbocycles. The summed E-state index contributed by atoms with van der Waals surface area (Å²) >= 11 is 1.79. The second-order valence-corrected chi connectivity index (χ2v) is 5.31. The first-order valence-electron chi connectivity index (χ1n) is 5.81. The van der Waals surface area contributed by atoms with Crippen molar-refractivity contribution in [2.45, 2.75) is 32.6 Å². The first-order chi connectivity index (χ1) is 7.74. The summed E-state index contributed by atoms with van der Waals surface area (Å²) in [6, 6.07) is 6.45. The summed E-state index contributed by atoms with van der Waals surface area (Å²) in [7, 11) is 0. The minimum absolute atomic E-state index is 0.433. The Hall–Kier alpha value is -0.930. The Kier molecular flexibility index (Phi) is 3.56.